The van der Waals surface area contributed by atoms with Gasteiger partial charge in [-0.2, -0.15) is 0 Å². The predicted molar refractivity (Wildman–Crippen MR) is 282 cm³/mol. The van der Waals surface area contributed by atoms with Crippen LogP contribution in [-0.4, -0.2) is 6.71 Å². The van der Waals surface area contributed by atoms with Crippen molar-refractivity contribution >= 4 is 68.4 Å². The molecule has 0 fully saturated rings. The monoisotopic (exact) mass is 873 g/mol. The molecule has 0 unspecified atom stereocenters. The maximum absolute atomic E-state index is 7.71. The second-order valence-electron chi connectivity index (χ2n) is 26.7. The highest BCUT2D eigenvalue weighted by molar-refractivity contribution is 7.00. The standard InChI is InChI=1S/C62H73BN2O/c1-35(2)37-31-49-52-54-51(37)62(15,16)40-19-17-18-20-47(40)65(54)53-38-30-42-45(61(13,14)28-25-58(42,7)8)34-50(38)66-55(53)63(52)46-32-43-44(60(11,12)27-26-59(43,9)10)33-48(46)64(49)36-21-22-39-41(29-36)57(5,6)24-23-56(39,3)4/h17-22,29-35H,23-28H2,1-16H3. The van der Waals surface area contributed by atoms with E-state index in [1.54, 1.807) is 0 Å². The first-order valence-corrected chi connectivity index (χ1v) is 25.6. The van der Waals surface area contributed by atoms with E-state index in [4.69, 9.17) is 4.42 Å². The molecule has 4 heteroatoms. The fourth-order valence-electron chi connectivity index (χ4n) is 14.4. The van der Waals surface area contributed by atoms with Crippen LogP contribution in [-0.2, 0) is 37.9 Å². The lowest BCUT2D eigenvalue weighted by Crippen LogP contribution is -2.62. The van der Waals surface area contributed by atoms with E-state index in [1.807, 2.05) is 0 Å². The van der Waals surface area contributed by atoms with Crippen LogP contribution in [0, 0.1) is 0 Å². The highest BCUT2D eigenvalue weighted by Crippen LogP contribution is 2.60. The van der Waals surface area contributed by atoms with E-state index in [1.165, 1.54) is 139 Å². The summed E-state index contributed by atoms with van der Waals surface area (Å²) in [6.45, 7) is 39.4. The van der Waals surface area contributed by atoms with Gasteiger partial charge in [-0.3, -0.25) is 0 Å². The van der Waals surface area contributed by atoms with Gasteiger partial charge in [-0.25, -0.2) is 0 Å². The molecule has 4 heterocycles. The molecule has 0 saturated carbocycles. The Bertz CT molecular complexity index is 3130. The van der Waals surface area contributed by atoms with Crippen molar-refractivity contribution in [2.75, 3.05) is 9.80 Å². The molecule has 5 aromatic carbocycles. The van der Waals surface area contributed by atoms with Crippen LogP contribution in [0.4, 0.5) is 34.1 Å². The SMILES string of the molecule is CC(C)c1cc2c3c4c1C(C)(C)c1ccccc1N4c1c(oc4cc5c(cc14)C(C)(C)CCC5(C)C)B3c1cc3c(cc1N2c1ccc2c(c1)C(C)(C)CCC2(C)C)C(C)(C)CCC3(C)C. The van der Waals surface area contributed by atoms with Gasteiger partial charge in [0.05, 0.1) is 17.0 Å². The summed E-state index contributed by atoms with van der Waals surface area (Å²) in [7, 11) is 0. The van der Waals surface area contributed by atoms with E-state index in [2.05, 4.69) is 193 Å². The largest absolute Gasteiger partial charge is 0.468 e. The zero-order valence-electron chi connectivity index (χ0n) is 43.1. The van der Waals surface area contributed by atoms with Crippen molar-refractivity contribution < 1.29 is 4.42 Å². The van der Waals surface area contributed by atoms with Gasteiger partial charge in [-0.15, -0.1) is 0 Å². The van der Waals surface area contributed by atoms with E-state index in [0.29, 0.717) is 5.92 Å². The van der Waals surface area contributed by atoms with E-state index in [9.17, 15) is 0 Å². The normalized spacial score (nSPS) is 22.2. The Kier molecular flexibility index (Phi) is 8.32. The fourth-order valence-corrected chi connectivity index (χ4v) is 14.4. The van der Waals surface area contributed by atoms with Crippen molar-refractivity contribution in [1.82, 2.24) is 0 Å². The maximum Gasteiger partial charge on any atom is 0.297 e. The van der Waals surface area contributed by atoms with Gasteiger partial charge in [-0.05, 0) is 180 Å². The predicted octanol–water partition coefficient (Wildman–Crippen LogP) is 15.3. The number of nitrogens with zero attached hydrogens (tertiary/aromatic N) is 2. The van der Waals surface area contributed by atoms with E-state index >= 15 is 0 Å². The molecule has 1 aromatic heterocycles. The highest BCUT2D eigenvalue weighted by atomic mass is 16.3. The third kappa shape index (κ3) is 5.45. The second-order valence-corrected chi connectivity index (χ2v) is 26.7. The molecule has 6 aromatic rings. The zero-order chi connectivity index (χ0) is 46.8. The minimum absolute atomic E-state index is 0.0436. The van der Waals surface area contributed by atoms with Crippen molar-refractivity contribution in [2.45, 2.75) is 193 Å². The molecule has 3 aliphatic heterocycles. The molecule has 0 amide bonds. The summed E-state index contributed by atoms with van der Waals surface area (Å²) >= 11 is 0. The van der Waals surface area contributed by atoms with Crippen LogP contribution < -0.4 is 26.4 Å². The molecule has 3 nitrogen and oxygen atoms in total. The lowest BCUT2D eigenvalue weighted by atomic mass is 9.34. The van der Waals surface area contributed by atoms with Crippen molar-refractivity contribution in [3.05, 3.63) is 123 Å². The third-order valence-electron chi connectivity index (χ3n) is 19.0. The maximum atomic E-state index is 7.71. The number of hydrogen-bond acceptors (Lipinski definition) is 3. The lowest BCUT2D eigenvalue weighted by Gasteiger charge is -2.51. The Morgan fingerprint density at radius 2 is 1.02 bits per heavy atom. The number of anilines is 6. The van der Waals surface area contributed by atoms with Crippen LogP contribution in [0.5, 0.6) is 0 Å². The molecular weight excluding hydrogens is 800 g/mol. The molecule has 3 aliphatic carbocycles. The molecule has 0 atom stereocenters. The van der Waals surface area contributed by atoms with E-state index in [-0.39, 0.29) is 44.6 Å². The molecule has 66 heavy (non-hydrogen) atoms. The third-order valence-corrected chi connectivity index (χ3v) is 19.0. The van der Waals surface area contributed by atoms with Crippen molar-refractivity contribution in [2.24, 2.45) is 0 Å². The van der Waals surface area contributed by atoms with Crippen LogP contribution in [0.15, 0.2) is 77.2 Å². The summed E-state index contributed by atoms with van der Waals surface area (Å²) in [6, 6.07) is 29.9. The molecule has 0 N–H and O–H groups in total. The van der Waals surface area contributed by atoms with E-state index < -0.39 is 0 Å². The van der Waals surface area contributed by atoms with Gasteiger partial charge in [0.25, 0.3) is 6.71 Å². The van der Waals surface area contributed by atoms with Gasteiger partial charge in [0.15, 0.2) is 0 Å². The number of hydrogen-bond donors (Lipinski definition) is 0. The topological polar surface area (TPSA) is 19.6 Å². The number of para-hydroxylation sites is 1. The quantitative estimate of drug-likeness (QED) is 0.161. The zero-order valence-corrected chi connectivity index (χ0v) is 43.1. The molecular formula is C62H73BN2O. The Hall–Kier alpha value is -4.70. The van der Waals surface area contributed by atoms with Crippen molar-refractivity contribution in [1.29, 1.82) is 0 Å². The van der Waals surface area contributed by atoms with Gasteiger partial charge < -0.3 is 14.2 Å². The molecule has 0 saturated heterocycles. The summed E-state index contributed by atoms with van der Waals surface area (Å²) in [5.74, 6) is 0.304. The van der Waals surface area contributed by atoms with Gasteiger partial charge in [0, 0.05) is 33.6 Å². The number of furan rings is 1. The molecule has 6 aliphatic rings. The number of benzene rings is 5. The Morgan fingerprint density at radius 1 is 0.485 bits per heavy atom. The highest BCUT2D eigenvalue weighted by Gasteiger charge is 2.54. The van der Waals surface area contributed by atoms with E-state index in [0.717, 1.165) is 11.2 Å². The van der Waals surface area contributed by atoms with Crippen LogP contribution in [0.1, 0.15) is 205 Å². The van der Waals surface area contributed by atoms with Gasteiger partial charge in [0.2, 0.25) is 0 Å². The summed E-state index contributed by atoms with van der Waals surface area (Å²) < 4.78 is 7.71. The van der Waals surface area contributed by atoms with Crippen LogP contribution >= 0.6 is 0 Å². The summed E-state index contributed by atoms with van der Waals surface area (Å²) in [5, 5.41) is 1.25. The van der Waals surface area contributed by atoms with Gasteiger partial charge >= 0.3 is 0 Å². The number of rotatable bonds is 2. The summed E-state index contributed by atoms with van der Waals surface area (Å²) in [6.07, 6.45) is 7.08. The molecule has 340 valence electrons. The summed E-state index contributed by atoms with van der Waals surface area (Å²) in [4.78, 5) is 5.44. The van der Waals surface area contributed by atoms with Crippen molar-refractivity contribution in [3.8, 4) is 0 Å². The fraction of sp³-hybridized carbons (Fsp3) is 0.484. The Labute approximate surface area is 396 Å². The average Bonchev–Trinajstić information content (AvgIpc) is 3.63. The Morgan fingerprint density at radius 3 is 1.62 bits per heavy atom. The van der Waals surface area contributed by atoms with Crippen molar-refractivity contribution in [3.63, 3.8) is 0 Å². The van der Waals surface area contributed by atoms with Gasteiger partial charge in [-0.1, -0.05) is 141 Å². The summed E-state index contributed by atoms with van der Waals surface area (Å²) in [5.41, 5.74) is 26.1. The first kappa shape index (κ1) is 42.6. The second kappa shape index (κ2) is 12.9. The molecule has 0 bridgehead atoms. The molecule has 12 rings (SSSR count). The Balaban J connectivity index is 1.27. The van der Waals surface area contributed by atoms with Crippen LogP contribution in [0.2, 0.25) is 0 Å². The smallest absolute Gasteiger partial charge is 0.297 e. The van der Waals surface area contributed by atoms with Crippen LogP contribution in [0.25, 0.3) is 11.0 Å². The molecule has 0 spiro atoms. The first-order valence-electron chi connectivity index (χ1n) is 25.6. The van der Waals surface area contributed by atoms with Crippen LogP contribution in [0.3, 0.4) is 0 Å². The lowest BCUT2D eigenvalue weighted by molar-refractivity contribution is 0.332. The number of fused-ring (bicyclic) bond motifs is 12. The minimum Gasteiger partial charge on any atom is -0.468 e. The average molecular weight is 873 g/mol. The molecule has 0 radical (unpaired) electrons. The minimum atomic E-state index is -0.238. The first-order chi connectivity index (χ1) is 30.8. The van der Waals surface area contributed by atoms with Gasteiger partial charge in [0.1, 0.15) is 5.58 Å².